The highest BCUT2D eigenvalue weighted by Gasteiger charge is 2.28. The standard InChI is InChI=1S/C20H20N6O3S/c1-11-4-5-13-9-30(27,28)10-16-19(17(8-21)26(3)25-16)15-7-18(20(22)24-23-15)29-12(2)14(13)6-11/h4-7,12H,9-10H2,1-3H3,(H2,22,24)/t12-/m1/s1. The summed E-state index contributed by atoms with van der Waals surface area (Å²) in [4.78, 5) is 0. The number of nitrogen functional groups attached to an aromatic ring is 1. The van der Waals surface area contributed by atoms with Crippen LogP contribution in [0, 0.1) is 18.3 Å². The Hall–Kier alpha value is -3.45. The molecule has 2 N–H and O–H groups in total. The lowest BCUT2D eigenvalue weighted by Crippen LogP contribution is -2.15. The molecule has 0 amide bonds. The average molecular weight is 424 g/mol. The van der Waals surface area contributed by atoms with Gasteiger partial charge in [0.15, 0.2) is 21.4 Å². The molecule has 30 heavy (non-hydrogen) atoms. The number of hydrogen-bond donors (Lipinski definition) is 1. The molecule has 1 aliphatic heterocycles. The molecule has 2 aromatic heterocycles. The van der Waals surface area contributed by atoms with Crippen molar-refractivity contribution in [1.29, 1.82) is 5.26 Å². The summed E-state index contributed by atoms with van der Waals surface area (Å²) in [7, 11) is -2.02. The Balaban J connectivity index is 2.00. The number of fused-ring (bicyclic) bond motifs is 5. The summed E-state index contributed by atoms with van der Waals surface area (Å²) in [6.45, 7) is 3.76. The Labute approximate surface area is 174 Å². The molecule has 154 valence electrons. The van der Waals surface area contributed by atoms with Crippen molar-refractivity contribution in [2.24, 2.45) is 7.05 Å². The van der Waals surface area contributed by atoms with Gasteiger partial charge in [0.2, 0.25) is 0 Å². The Kier molecular flexibility index (Phi) is 4.70. The zero-order chi connectivity index (χ0) is 21.6. The molecule has 0 radical (unpaired) electrons. The van der Waals surface area contributed by atoms with E-state index in [0.29, 0.717) is 16.9 Å². The number of nitriles is 1. The van der Waals surface area contributed by atoms with Gasteiger partial charge in [-0.1, -0.05) is 23.8 Å². The van der Waals surface area contributed by atoms with Gasteiger partial charge in [0.05, 0.1) is 22.8 Å². The smallest absolute Gasteiger partial charge is 0.188 e. The number of ether oxygens (including phenoxy) is 1. The van der Waals surface area contributed by atoms with E-state index >= 15 is 0 Å². The fourth-order valence-corrected chi connectivity index (χ4v) is 5.11. The van der Waals surface area contributed by atoms with Crippen LogP contribution in [0.2, 0.25) is 0 Å². The highest BCUT2D eigenvalue weighted by molar-refractivity contribution is 7.89. The summed E-state index contributed by atoms with van der Waals surface area (Å²) >= 11 is 0. The zero-order valence-corrected chi connectivity index (χ0v) is 17.6. The summed E-state index contributed by atoms with van der Waals surface area (Å²) in [5, 5.41) is 21.9. The Morgan fingerprint density at radius 3 is 2.77 bits per heavy atom. The number of aromatic nitrogens is 4. The average Bonchev–Trinajstić information content (AvgIpc) is 2.98. The summed E-state index contributed by atoms with van der Waals surface area (Å²) in [6.07, 6.45) is -0.474. The highest BCUT2D eigenvalue weighted by atomic mass is 32.2. The SMILES string of the molecule is Cc1ccc2c(c1)[C@@H](C)Oc1cc(nnc1N)-c1c(nn(C)c1C#N)CS(=O)(=O)C2. The maximum atomic E-state index is 13.1. The first-order valence-corrected chi connectivity index (χ1v) is 11.1. The number of rotatable bonds is 0. The minimum atomic E-state index is -3.60. The number of benzene rings is 1. The maximum Gasteiger partial charge on any atom is 0.188 e. The van der Waals surface area contributed by atoms with E-state index in [1.54, 1.807) is 19.2 Å². The van der Waals surface area contributed by atoms with E-state index in [1.165, 1.54) is 4.68 Å². The lowest BCUT2D eigenvalue weighted by atomic mass is 10.0. The summed E-state index contributed by atoms with van der Waals surface area (Å²) < 4.78 is 33.5. The molecule has 3 heterocycles. The highest BCUT2D eigenvalue weighted by Crippen LogP contribution is 2.35. The van der Waals surface area contributed by atoms with Crippen LogP contribution in [0.3, 0.4) is 0 Å². The van der Waals surface area contributed by atoms with Gasteiger partial charge in [-0.15, -0.1) is 10.2 Å². The Morgan fingerprint density at radius 1 is 1.27 bits per heavy atom. The van der Waals surface area contributed by atoms with Gasteiger partial charge in [-0.05, 0) is 25.0 Å². The molecular formula is C20H20N6O3S. The summed E-state index contributed by atoms with van der Waals surface area (Å²) in [5.41, 5.74) is 9.40. The van der Waals surface area contributed by atoms with Gasteiger partial charge in [-0.2, -0.15) is 10.4 Å². The topological polar surface area (TPSA) is 137 Å². The maximum absolute atomic E-state index is 13.1. The van der Waals surface area contributed by atoms with Crippen LogP contribution in [-0.4, -0.2) is 28.4 Å². The fraction of sp³-hybridized carbons (Fsp3) is 0.300. The van der Waals surface area contributed by atoms with E-state index in [4.69, 9.17) is 10.5 Å². The van der Waals surface area contributed by atoms with Crippen molar-refractivity contribution in [3.05, 3.63) is 52.3 Å². The van der Waals surface area contributed by atoms with Gasteiger partial charge in [-0.3, -0.25) is 4.68 Å². The third-order valence-electron chi connectivity index (χ3n) is 5.04. The van der Waals surface area contributed by atoms with Crippen molar-refractivity contribution in [2.75, 3.05) is 5.73 Å². The largest absolute Gasteiger partial charge is 0.482 e. The van der Waals surface area contributed by atoms with Crippen LogP contribution in [0.25, 0.3) is 11.3 Å². The molecule has 1 aliphatic rings. The number of sulfone groups is 1. The van der Waals surface area contributed by atoms with Gasteiger partial charge in [0, 0.05) is 13.1 Å². The van der Waals surface area contributed by atoms with Crippen molar-refractivity contribution in [3.8, 4) is 23.1 Å². The second-order valence-electron chi connectivity index (χ2n) is 7.38. The van der Waals surface area contributed by atoms with Crippen molar-refractivity contribution >= 4 is 15.7 Å². The lowest BCUT2D eigenvalue weighted by molar-refractivity contribution is 0.226. The second-order valence-corrected chi connectivity index (χ2v) is 9.44. The summed E-state index contributed by atoms with van der Waals surface area (Å²) in [6, 6.07) is 9.21. The monoisotopic (exact) mass is 424 g/mol. The molecule has 0 saturated carbocycles. The van der Waals surface area contributed by atoms with Gasteiger partial charge < -0.3 is 10.5 Å². The molecule has 0 aliphatic carbocycles. The number of anilines is 1. The molecule has 3 aromatic rings. The van der Waals surface area contributed by atoms with E-state index in [0.717, 1.165) is 11.1 Å². The first-order valence-electron chi connectivity index (χ1n) is 9.24. The van der Waals surface area contributed by atoms with Crippen molar-refractivity contribution in [3.63, 3.8) is 0 Å². The van der Waals surface area contributed by atoms with Gasteiger partial charge in [0.25, 0.3) is 0 Å². The molecule has 0 spiro atoms. The first-order chi connectivity index (χ1) is 14.2. The quantitative estimate of drug-likeness (QED) is 0.580. The van der Waals surface area contributed by atoms with Gasteiger partial charge >= 0.3 is 0 Å². The van der Waals surface area contributed by atoms with E-state index in [9.17, 15) is 13.7 Å². The van der Waals surface area contributed by atoms with Crippen LogP contribution in [0.4, 0.5) is 5.82 Å². The zero-order valence-electron chi connectivity index (χ0n) is 16.7. The van der Waals surface area contributed by atoms with Crippen molar-refractivity contribution in [2.45, 2.75) is 31.5 Å². The van der Waals surface area contributed by atoms with Crippen molar-refractivity contribution in [1.82, 2.24) is 20.0 Å². The first kappa shape index (κ1) is 19.8. The molecule has 0 saturated heterocycles. The molecule has 4 rings (SSSR count). The minimum Gasteiger partial charge on any atom is -0.482 e. The molecule has 0 fully saturated rings. The van der Waals surface area contributed by atoms with Crippen LogP contribution in [0.1, 0.15) is 41.1 Å². The van der Waals surface area contributed by atoms with Crippen LogP contribution in [0.5, 0.6) is 5.75 Å². The molecular weight excluding hydrogens is 404 g/mol. The molecule has 10 heteroatoms. The number of hydrogen-bond acceptors (Lipinski definition) is 8. The number of nitrogens with two attached hydrogens (primary N) is 1. The van der Waals surface area contributed by atoms with Crippen LogP contribution < -0.4 is 10.5 Å². The van der Waals surface area contributed by atoms with E-state index < -0.39 is 15.9 Å². The van der Waals surface area contributed by atoms with Crippen molar-refractivity contribution < 1.29 is 13.2 Å². The molecule has 9 nitrogen and oxygen atoms in total. The van der Waals surface area contributed by atoms with E-state index in [-0.39, 0.29) is 34.4 Å². The van der Waals surface area contributed by atoms with E-state index in [2.05, 4.69) is 21.4 Å². The summed E-state index contributed by atoms with van der Waals surface area (Å²) in [5.74, 6) is -0.0963. The normalized spacial score (nSPS) is 17.5. The van der Waals surface area contributed by atoms with Crippen LogP contribution in [0.15, 0.2) is 24.3 Å². The minimum absolute atomic E-state index is 0.105. The molecule has 1 aromatic carbocycles. The predicted molar refractivity (Wildman–Crippen MR) is 110 cm³/mol. The molecule has 1 atom stereocenters. The lowest BCUT2D eigenvalue weighted by Gasteiger charge is -2.21. The fourth-order valence-electron chi connectivity index (χ4n) is 3.65. The Morgan fingerprint density at radius 2 is 2.03 bits per heavy atom. The van der Waals surface area contributed by atoms with Gasteiger partial charge in [-0.25, -0.2) is 8.42 Å². The molecule has 0 unspecified atom stereocenters. The van der Waals surface area contributed by atoms with E-state index in [1.807, 2.05) is 26.0 Å². The van der Waals surface area contributed by atoms with Gasteiger partial charge in [0.1, 0.15) is 23.6 Å². The Bertz CT molecular complexity index is 1310. The third kappa shape index (κ3) is 3.48. The third-order valence-corrected chi connectivity index (χ3v) is 6.51. The van der Waals surface area contributed by atoms with Crippen LogP contribution >= 0.6 is 0 Å². The second kappa shape index (κ2) is 7.11. The predicted octanol–water partition coefficient (Wildman–Crippen LogP) is 2.21. The number of aryl methyl sites for hydroxylation is 2. The van der Waals surface area contributed by atoms with Crippen LogP contribution in [-0.2, 0) is 28.4 Å². The number of nitrogens with zero attached hydrogens (tertiary/aromatic N) is 5. The molecule has 2 bridgehead atoms.